The summed E-state index contributed by atoms with van der Waals surface area (Å²) in [6, 6.07) is 1.86. The average Bonchev–Trinajstić information content (AvgIpc) is 2.75. The molecule has 1 aliphatic carbocycles. The molecule has 0 radical (unpaired) electrons. The standard InChI is InChI=1S/C12H17NO2S/c1-15-6-4-10(13)8-2-3-11-9(12(8)14)5-7-16-11/h5,7-8,10H,2-4,6,13H2,1H3. The first-order chi connectivity index (χ1) is 7.74. The highest BCUT2D eigenvalue weighted by atomic mass is 32.1. The number of nitrogens with two attached hydrogens (primary N) is 1. The largest absolute Gasteiger partial charge is 0.385 e. The zero-order chi connectivity index (χ0) is 11.5. The van der Waals surface area contributed by atoms with Crippen molar-refractivity contribution in [3.63, 3.8) is 0 Å². The molecule has 2 unspecified atom stereocenters. The summed E-state index contributed by atoms with van der Waals surface area (Å²) in [5.74, 6) is 0.211. The molecular formula is C12H17NO2S. The highest BCUT2D eigenvalue weighted by Gasteiger charge is 2.32. The topological polar surface area (TPSA) is 52.3 Å². The number of carbonyl (C=O) groups is 1. The van der Waals surface area contributed by atoms with E-state index in [-0.39, 0.29) is 17.7 Å². The smallest absolute Gasteiger partial charge is 0.168 e. The first-order valence-corrected chi connectivity index (χ1v) is 6.47. The third-order valence-corrected chi connectivity index (χ3v) is 4.18. The van der Waals surface area contributed by atoms with E-state index >= 15 is 0 Å². The molecule has 16 heavy (non-hydrogen) atoms. The van der Waals surface area contributed by atoms with Crippen LogP contribution in [0.2, 0.25) is 0 Å². The molecule has 2 rings (SSSR count). The van der Waals surface area contributed by atoms with Gasteiger partial charge >= 0.3 is 0 Å². The fourth-order valence-corrected chi connectivity index (χ4v) is 3.13. The van der Waals surface area contributed by atoms with Crippen molar-refractivity contribution in [3.8, 4) is 0 Å². The van der Waals surface area contributed by atoms with E-state index < -0.39 is 0 Å². The van der Waals surface area contributed by atoms with Gasteiger partial charge in [-0.15, -0.1) is 11.3 Å². The number of thiophene rings is 1. The Morgan fingerprint density at radius 2 is 2.50 bits per heavy atom. The summed E-state index contributed by atoms with van der Waals surface area (Å²) in [6.07, 6.45) is 2.63. The predicted octanol–water partition coefficient (Wildman–Crippen LogP) is 1.86. The molecule has 0 amide bonds. The molecule has 1 aliphatic rings. The van der Waals surface area contributed by atoms with Gasteiger partial charge in [0.25, 0.3) is 0 Å². The Balaban J connectivity index is 2.06. The Labute approximate surface area is 99.6 Å². The zero-order valence-electron chi connectivity index (χ0n) is 9.44. The number of Topliss-reactive ketones (excluding diaryl/α,β-unsaturated/α-hetero) is 1. The monoisotopic (exact) mass is 239 g/mol. The minimum atomic E-state index is -0.0690. The zero-order valence-corrected chi connectivity index (χ0v) is 10.3. The van der Waals surface area contributed by atoms with Gasteiger partial charge in [-0.25, -0.2) is 0 Å². The maximum Gasteiger partial charge on any atom is 0.168 e. The van der Waals surface area contributed by atoms with E-state index in [0.717, 1.165) is 24.8 Å². The van der Waals surface area contributed by atoms with Crippen LogP contribution in [0.25, 0.3) is 0 Å². The van der Waals surface area contributed by atoms with E-state index in [1.165, 1.54) is 4.88 Å². The molecule has 0 aliphatic heterocycles. The van der Waals surface area contributed by atoms with Gasteiger partial charge in [0.1, 0.15) is 0 Å². The summed E-state index contributed by atoms with van der Waals surface area (Å²) in [5, 5.41) is 1.99. The van der Waals surface area contributed by atoms with Gasteiger partial charge in [0.15, 0.2) is 5.78 Å². The number of hydrogen-bond donors (Lipinski definition) is 1. The van der Waals surface area contributed by atoms with Crippen molar-refractivity contribution in [2.75, 3.05) is 13.7 Å². The highest BCUT2D eigenvalue weighted by Crippen LogP contribution is 2.31. The van der Waals surface area contributed by atoms with E-state index in [9.17, 15) is 4.79 Å². The second-order valence-electron chi connectivity index (χ2n) is 4.21. The molecule has 0 fully saturated rings. The second-order valence-corrected chi connectivity index (χ2v) is 5.21. The van der Waals surface area contributed by atoms with E-state index in [1.807, 2.05) is 11.4 Å². The number of fused-ring (bicyclic) bond motifs is 1. The molecule has 0 saturated carbocycles. The van der Waals surface area contributed by atoms with Gasteiger partial charge in [0, 0.05) is 36.1 Å². The van der Waals surface area contributed by atoms with Crippen LogP contribution in [0.15, 0.2) is 11.4 Å². The normalized spacial score (nSPS) is 21.9. The van der Waals surface area contributed by atoms with Crippen LogP contribution in [-0.4, -0.2) is 25.5 Å². The average molecular weight is 239 g/mol. The van der Waals surface area contributed by atoms with Crippen molar-refractivity contribution in [2.45, 2.75) is 25.3 Å². The van der Waals surface area contributed by atoms with Gasteiger partial charge in [-0.3, -0.25) is 4.79 Å². The summed E-state index contributed by atoms with van der Waals surface area (Å²) in [4.78, 5) is 13.4. The van der Waals surface area contributed by atoms with Crippen molar-refractivity contribution in [2.24, 2.45) is 11.7 Å². The molecule has 0 aromatic carbocycles. The van der Waals surface area contributed by atoms with Crippen LogP contribution in [0.3, 0.4) is 0 Å². The van der Waals surface area contributed by atoms with Crippen LogP contribution in [0.4, 0.5) is 0 Å². The molecule has 2 atom stereocenters. The van der Waals surface area contributed by atoms with E-state index in [0.29, 0.717) is 6.61 Å². The SMILES string of the molecule is COCCC(N)C1CCc2sccc2C1=O. The highest BCUT2D eigenvalue weighted by molar-refractivity contribution is 7.10. The minimum Gasteiger partial charge on any atom is -0.385 e. The maximum atomic E-state index is 12.2. The van der Waals surface area contributed by atoms with Crippen molar-refractivity contribution in [1.82, 2.24) is 0 Å². The Morgan fingerprint density at radius 1 is 1.69 bits per heavy atom. The van der Waals surface area contributed by atoms with Crippen LogP contribution in [0, 0.1) is 5.92 Å². The fraction of sp³-hybridized carbons (Fsp3) is 0.583. The van der Waals surface area contributed by atoms with Crippen LogP contribution in [-0.2, 0) is 11.2 Å². The molecule has 1 aromatic rings. The van der Waals surface area contributed by atoms with Crippen molar-refractivity contribution in [1.29, 1.82) is 0 Å². The summed E-state index contributed by atoms with van der Waals surface area (Å²) < 4.78 is 5.00. The molecule has 0 saturated heterocycles. The molecule has 3 nitrogen and oxygen atoms in total. The molecule has 0 bridgehead atoms. The lowest BCUT2D eigenvalue weighted by molar-refractivity contribution is 0.0865. The number of ketones is 1. The summed E-state index contributed by atoms with van der Waals surface area (Å²) in [6.45, 7) is 0.626. The van der Waals surface area contributed by atoms with E-state index in [2.05, 4.69) is 0 Å². The molecule has 4 heteroatoms. The lowest BCUT2D eigenvalue weighted by Gasteiger charge is -2.26. The molecule has 1 aromatic heterocycles. The first kappa shape index (κ1) is 11.8. The summed E-state index contributed by atoms with van der Waals surface area (Å²) >= 11 is 1.67. The minimum absolute atomic E-state index is 0.0164. The Bertz CT molecular complexity index is 375. The second kappa shape index (κ2) is 5.08. The number of aryl methyl sites for hydroxylation is 1. The quantitative estimate of drug-likeness (QED) is 0.872. The number of rotatable bonds is 4. The van der Waals surface area contributed by atoms with Crippen molar-refractivity contribution < 1.29 is 9.53 Å². The Morgan fingerprint density at radius 3 is 3.25 bits per heavy atom. The first-order valence-electron chi connectivity index (χ1n) is 5.59. The van der Waals surface area contributed by atoms with Crippen LogP contribution in [0.1, 0.15) is 28.1 Å². The Hall–Kier alpha value is -0.710. The fourth-order valence-electron chi connectivity index (χ4n) is 2.23. The number of carbonyl (C=O) groups excluding carboxylic acids is 1. The van der Waals surface area contributed by atoms with E-state index in [1.54, 1.807) is 18.4 Å². The summed E-state index contributed by atoms with van der Waals surface area (Å²) in [5.41, 5.74) is 6.95. The molecular weight excluding hydrogens is 222 g/mol. The third-order valence-electron chi connectivity index (χ3n) is 3.20. The lowest BCUT2D eigenvalue weighted by Crippen LogP contribution is -2.38. The Kier molecular flexibility index (Phi) is 3.74. The van der Waals surface area contributed by atoms with Crippen LogP contribution >= 0.6 is 11.3 Å². The van der Waals surface area contributed by atoms with Gasteiger partial charge < -0.3 is 10.5 Å². The van der Waals surface area contributed by atoms with Gasteiger partial charge in [-0.1, -0.05) is 0 Å². The number of hydrogen-bond acceptors (Lipinski definition) is 4. The van der Waals surface area contributed by atoms with Gasteiger partial charge in [-0.2, -0.15) is 0 Å². The van der Waals surface area contributed by atoms with Crippen LogP contribution < -0.4 is 5.73 Å². The molecule has 0 spiro atoms. The number of ether oxygens (including phenoxy) is 1. The maximum absolute atomic E-state index is 12.2. The molecule has 1 heterocycles. The van der Waals surface area contributed by atoms with Crippen molar-refractivity contribution >= 4 is 17.1 Å². The molecule has 2 N–H and O–H groups in total. The van der Waals surface area contributed by atoms with Gasteiger partial charge in [0.2, 0.25) is 0 Å². The summed E-state index contributed by atoms with van der Waals surface area (Å²) in [7, 11) is 1.66. The van der Waals surface area contributed by atoms with Gasteiger partial charge in [-0.05, 0) is 30.7 Å². The van der Waals surface area contributed by atoms with Crippen molar-refractivity contribution in [3.05, 3.63) is 21.9 Å². The predicted molar refractivity (Wildman–Crippen MR) is 64.9 cm³/mol. The number of methoxy groups -OCH3 is 1. The van der Waals surface area contributed by atoms with E-state index in [4.69, 9.17) is 10.5 Å². The lowest BCUT2D eigenvalue weighted by atomic mass is 9.81. The third kappa shape index (κ3) is 2.19. The van der Waals surface area contributed by atoms with Crippen LogP contribution in [0.5, 0.6) is 0 Å². The van der Waals surface area contributed by atoms with Gasteiger partial charge in [0.05, 0.1) is 0 Å². The molecule has 88 valence electrons.